The summed E-state index contributed by atoms with van der Waals surface area (Å²) in [5.41, 5.74) is 4.07. The zero-order valence-corrected chi connectivity index (χ0v) is 17.7. The lowest BCUT2D eigenvalue weighted by Gasteiger charge is -2.33. The van der Waals surface area contributed by atoms with Crippen LogP contribution < -0.4 is 0 Å². The molecule has 4 heterocycles. The third-order valence-corrected chi connectivity index (χ3v) is 6.08. The van der Waals surface area contributed by atoms with E-state index in [2.05, 4.69) is 42.8 Å². The highest BCUT2D eigenvalue weighted by Crippen LogP contribution is 2.41. The van der Waals surface area contributed by atoms with Gasteiger partial charge in [-0.05, 0) is 57.6 Å². The van der Waals surface area contributed by atoms with Crippen LogP contribution in [-0.4, -0.2) is 30.8 Å². The van der Waals surface area contributed by atoms with Gasteiger partial charge in [0, 0.05) is 28.8 Å². The van der Waals surface area contributed by atoms with Crippen LogP contribution >= 0.6 is 0 Å². The van der Waals surface area contributed by atoms with Crippen LogP contribution in [-0.2, 0) is 4.74 Å². The normalized spacial score (nSPS) is 25.1. The van der Waals surface area contributed by atoms with Crippen molar-refractivity contribution in [2.45, 2.75) is 83.5 Å². The summed E-state index contributed by atoms with van der Waals surface area (Å²) in [5, 5.41) is 5.63. The molecular formula is C23H29N5O. The van der Waals surface area contributed by atoms with Crippen molar-refractivity contribution in [3.8, 4) is 0 Å². The van der Waals surface area contributed by atoms with Gasteiger partial charge in [-0.25, -0.2) is 15.0 Å². The van der Waals surface area contributed by atoms with E-state index in [1.165, 1.54) is 18.4 Å². The Morgan fingerprint density at radius 3 is 2.69 bits per heavy atom. The quantitative estimate of drug-likeness (QED) is 0.625. The van der Waals surface area contributed by atoms with E-state index in [9.17, 15) is 0 Å². The van der Waals surface area contributed by atoms with E-state index in [0.29, 0.717) is 12.0 Å². The van der Waals surface area contributed by atoms with Crippen molar-refractivity contribution < 1.29 is 4.74 Å². The molecule has 6 nitrogen and oxygen atoms in total. The van der Waals surface area contributed by atoms with Crippen LogP contribution in [0, 0.1) is 6.92 Å². The van der Waals surface area contributed by atoms with Crippen LogP contribution in [0.2, 0.25) is 0 Å². The van der Waals surface area contributed by atoms with E-state index in [0.717, 1.165) is 41.1 Å². The van der Waals surface area contributed by atoms with Gasteiger partial charge in [-0.3, -0.25) is 4.68 Å². The summed E-state index contributed by atoms with van der Waals surface area (Å²) in [5.74, 6) is 1.50. The van der Waals surface area contributed by atoms with Gasteiger partial charge in [0.15, 0.2) is 5.65 Å². The summed E-state index contributed by atoms with van der Waals surface area (Å²) in [7, 11) is 0. The molecule has 29 heavy (non-hydrogen) atoms. The largest absolute Gasteiger partial charge is 0.370 e. The standard InChI is InChI=1S/C23H29N5O/c1-13(2)21-19-8-5-14(3)25-23(19)27-22(26-21)16-9-15(4)29-20(10-16)17-11-24-28(12-17)18-6-7-18/h5,8,11-13,15-16,18,20H,6-7,9-10H2,1-4H3. The van der Waals surface area contributed by atoms with Gasteiger partial charge in [0.05, 0.1) is 30.1 Å². The zero-order chi connectivity index (χ0) is 20.1. The lowest BCUT2D eigenvalue weighted by Crippen LogP contribution is -2.26. The number of hydrogen-bond donors (Lipinski definition) is 0. The Morgan fingerprint density at radius 1 is 1.10 bits per heavy atom. The van der Waals surface area contributed by atoms with Crippen LogP contribution in [0.5, 0.6) is 0 Å². The number of nitrogens with zero attached hydrogens (tertiary/aromatic N) is 5. The topological polar surface area (TPSA) is 65.7 Å². The molecule has 0 aromatic carbocycles. The van der Waals surface area contributed by atoms with Crippen LogP contribution in [0.25, 0.3) is 11.0 Å². The fourth-order valence-corrected chi connectivity index (χ4v) is 4.40. The van der Waals surface area contributed by atoms with Crippen molar-refractivity contribution in [1.82, 2.24) is 24.7 Å². The number of aryl methyl sites for hydroxylation is 1. The molecule has 152 valence electrons. The average Bonchev–Trinajstić information content (AvgIpc) is 3.42. The molecule has 0 spiro atoms. The lowest BCUT2D eigenvalue weighted by molar-refractivity contribution is -0.0511. The van der Waals surface area contributed by atoms with E-state index >= 15 is 0 Å². The Balaban J connectivity index is 1.49. The molecule has 3 atom stereocenters. The van der Waals surface area contributed by atoms with Crippen LogP contribution in [0.1, 0.15) is 93.2 Å². The van der Waals surface area contributed by atoms with Crippen LogP contribution in [0.15, 0.2) is 24.5 Å². The SMILES string of the molecule is Cc1ccc2c(C(C)C)nc(C3CC(C)OC(c4cnn(C5CC5)c4)C3)nc2n1. The molecule has 5 rings (SSSR count). The predicted molar refractivity (Wildman–Crippen MR) is 112 cm³/mol. The molecule has 2 aliphatic rings. The molecule has 3 aromatic rings. The first-order valence-corrected chi connectivity index (χ1v) is 10.8. The van der Waals surface area contributed by atoms with Crippen molar-refractivity contribution in [2.24, 2.45) is 0 Å². The van der Waals surface area contributed by atoms with Crippen molar-refractivity contribution in [3.63, 3.8) is 0 Å². The first-order chi connectivity index (χ1) is 14.0. The molecule has 0 amide bonds. The average molecular weight is 392 g/mol. The first-order valence-electron chi connectivity index (χ1n) is 10.8. The minimum Gasteiger partial charge on any atom is -0.370 e. The Morgan fingerprint density at radius 2 is 1.93 bits per heavy atom. The van der Waals surface area contributed by atoms with Gasteiger partial charge in [0.1, 0.15) is 5.82 Å². The Labute approximate surface area is 171 Å². The highest BCUT2D eigenvalue weighted by atomic mass is 16.5. The first kappa shape index (κ1) is 18.7. The number of hydrogen-bond acceptors (Lipinski definition) is 5. The maximum atomic E-state index is 6.30. The number of ether oxygens (including phenoxy) is 1. The van der Waals surface area contributed by atoms with Crippen molar-refractivity contribution in [3.05, 3.63) is 47.3 Å². The molecular weight excluding hydrogens is 362 g/mol. The molecule has 2 fully saturated rings. The summed E-state index contributed by atoms with van der Waals surface area (Å²) in [4.78, 5) is 14.6. The maximum absolute atomic E-state index is 6.30. The van der Waals surface area contributed by atoms with E-state index in [1.54, 1.807) is 0 Å². The van der Waals surface area contributed by atoms with Gasteiger partial charge in [-0.15, -0.1) is 0 Å². The Kier molecular flexibility index (Phi) is 4.62. The van der Waals surface area contributed by atoms with Gasteiger partial charge in [-0.2, -0.15) is 5.10 Å². The number of aromatic nitrogens is 5. The van der Waals surface area contributed by atoms with Gasteiger partial charge >= 0.3 is 0 Å². The molecule has 1 saturated carbocycles. The summed E-state index contributed by atoms with van der Waals surface area (Å²) >= 11 is 0. The molecule has 6 heteroatoms. The van der Waals surface area contributed by atoms with Crippen LogP contribution in [0.3, 0.4) is 0 Å². The fourth-order valence-electron chi connectivity index (χ4n) is 4.40. The molecule has 0 bridgehead atoms. The number of pyridine rings is 1. The predicted octanol–water partition coefficient (Wildman–Crippen LogP) is 5.01. The van der Waals surface area contributed by atoms with Gasteiger partial charge in [0.2, 0.25) is 0 Å². The lowest BCUT2D eigenvalue weighted by atomic mass is 9.89. The smallest absolute Gasteiger partial charge is 0.163 e. The molecule has 3 aromatic heterocycles. The summed E-state index contributed by atoms with van der Waals surface area (Å²) < 4.78 is 8.40. The van der Waals surface area contributed by atoms with Crippen molar-refractivity contribution >= 4 is 11.0 Å². The monoisotopic (exact) mass is 391 g/mol. The molecule has 3 unspecified atom stereocenters. The van der Waals surface area contributed by atoms with Gasteiger partial charge in [-0.1, -0.05) is 13.8 Å². The summed E-state index contributed by atoms with van der Waals surface area (Å²) in [6, 6.07) is 4.74. The Bertz CT molecular complexity index is 1040. The van der Waals surface area contributed by atoms with Gasteiger partial charge in [0.25, 0.3) is 0 Å². The number of rotatable bonds is 4. The van der Waals surface area contributed by atoms with E-state index < -0.39 is 0 Å². The minimum atomic E-state index is 0.0449. The van der Waals surface area contributed by atoms with Crippen LogP contribution in [0.4, 0.5) is 0 Å². The molecule has 0 N–H and O–H groups in total. The highest BCUT2D eigenvalue weighted by molar-refractivity contribution is 5.78. The number of fused-ring (bicyclic) bond motifs is 1. The highest BCUT2D eigenvalue weighted by Gasteiger charge is 2.33. The minimum absolute atomic E-state index is 0.0449. The molecule has 1 saturated heterocycles. The van der Waals surface area contributed by atoms with E-state index in [4.69, 9.17) is 19.7 Å². The van der Waals surface area contributed by atoms with E-state index in [-0.39, 0.29) is 18.1 Å². The maximum Gasteiger partial charge on any atom is 0.163 e. The Hall–Kier alpha value is -2.34. The fraction of sp³-hybridized carbons (Fsp3) is 0.565. The van der Waals surface area contributed by atoms with E-state index in [1.807, 2.05) is 19.2 Å². The third kappa shape index (κ3) is 3.66. The molecule has 1 aliphatic carbocycles. The zero-order valence-electron chi connectivity index (χ0n) is 17.7. The summed E-state index contributed by atoms with van der Waals surface area (Å²) in [6.07, 6.45) is 8.64. The van der Waals surface area contributed by atoms with Crippen molar-refractivity contribution in [2.75, 3.05) is 0 Å². The van der Waals surface area contributed by atoms with Gasteiger partial charge < -0.3 is 4.74 Å². The second kappa shape index (κ2) is 7.17. The van der Waals surface area contributed by atoms with Crippen molar-refractivity contribution in [1.29, 1.82) is 0 Å². The second-order valence-electron chi connectivity index (χ2n) is 9.03. The molecule has 1 aliphatic heterocycles. The molecule has 0 radical (unpaired) electrons. The second-order valence-corrected chi connectivity index (χ2v) is 9.03. The summed E-state index contributed by atoms with van der Waals surface area (Å²) in [6.45, 7) is 8.54. The third-order valence-electron chi connectivity index (χ3n) is 6.08.